The zero-order valence-electron chi connectivity index (χ0n) is 27.3. The molecule has 0 spiro atoms. The molecule has 4 rings (SSSR count). The fourth-order valence-corrected chi connectivity index (χ4v) is 5.34. The minimum Gasteiger partial charge on any atom is -0.469 e. The third-order valence-electron chi connectivity index (χ3n) is 7.51. The molecule has 0 saturated carbocycles. The second kappa shape index (κ2) is 15.4. The molecule has 3 aromatic carbocycles. The molecule has 1 atom stereocenters. The average molecular weight is 658 g/mol. The van der Waals surface area contributed by atoms with Gasteiger partial charge in [-0.15, -0.1) is 0 Å². The number of aromatic nitrogens is 1. The summed E-state index contributed by atoms with van der Waals surface area (Å²) in [5.74, 6) is -2.94. The lowest BCUT2D eigenvalue weighted by atomic mass is 9.94. The normalized spacial score (nSPS) is 11.9. The summed E-state index contributed by atoms with van der Waals surface area (Å²) >= 11 is 0. The lowest BCUT2D eigenvalue weighted by molar-refractivity contribution is -0.143. The number of amides is 2. The molecule has 0 aliphatic rings. The number of aliphatic hydroxyl groups is 1. The van der Waals surface area contributed by atoms with Crippen molar-refractivity contribution in [1.82, 2.24) is 9.47 Å². The van der Waals surface area contributed by atoms with E-state index in [1.807, 2.05) is 13.8 Å². The Labute approximate surface area is 277 Å². The maximum absolute atomic E-state index is 14.4. The smallest absolute Gasteiger partial charge is 0.308 e. The molecule has 0 fully saturated rings. The molecule has 0 unspecified atom stereocenters. The summed E-state index contributed by atoms with van der Waals surface area (Å²) in [6.07, 6.45) is 0.759. The fourth-order valence-electron chi connectivity index (χ4n) is 5.34. The van der Waals surface area contributed by atoms with E-state index in [0.29, 0.717) is 39.2 Å². The van der Waals surface area contributed by atoms with Gasteiger partial charge in [0.25, 0.3) is 11.8 Å². The Morgan fingerprint density at radius 1 is 0.896 bits per heavy atom. The number of aliphatic hydroxyl groups excluding tert-OH is 1. The van der Waals surface area contributed by atoms with Crippen molar-refractivity contribution in [2.75, 3.05) is 26.5 Å². The van der Waals surface area contributed by atoms with Crippen LogP contribution in [0.3, 0.4) is 0 Å². The second-order valence-corrected chi connectivity index (χ2v) is 11.6. The summed E-state index contributed by atoms with van der Waals surface area (Å²) in [6, 6.07) is 17.3. The summed E-state index contributed by atoms with van der Waals surface area (Å²) < 4.78 is 34.6. The Morgan fingerprint density at radius 2 is 1.48 bits per heavy atom. The first-order chi connectivity index (χ1) is 22.8. The molecular weight excluding hydrogens is 620 g/mol. The van der Waals surface area contributed by atoms with Crippen LogP contribution in [0.4, 0.5) is 14.5 Å². The highest BCUT2D eigenvalue weighted by molar-refractivity contribution is 6.12. The zero-order valence-corrected chi connectivity index (χ0v) is 27.3. The van der Waals surface area contributed by atoms with Gasteiger partial charge in [0.2, 0.25) is 0 Å². The van der Waals surface area contributed by atoms with Crippen LogP contribution in [0, 0.1) is 11.6 Å². The number of ether oxygens (including phenoxy) is 1. The number of benzene rings is 3. The SMILES string of the molecule is COC(=O)C[C@H](O)CC(=O)C=Cc1c(-c2ccc(F)cc2)c(-c2ccc(F)cc2)c(C(=O)Nc2cccc(C(=O)N(C)C)c2)n1C(C)C. The maximum Gasteiger partial charge on any atom is 0.308 e. The topological polar surface area (TPSA) is 118 Å². The number of nitrogens with zero attached hydrogens (tertiary/aromatic N) is 2. The van der Waals surface area contributed by atoms with Crippen LogP contribution in [0.2, 0.25) is 0 Å². The number of halogens is 2. The monoisotopic (exact) mass is 657 g/mol. The van der Waals surface area contributed by atoms with Crippen LogP contribution < -0.4 is 5.32 Å². The van der Waals surface area contributed by atoms with Gasteiger partial charge >= 0.3 is 5.97 Å². The summed E-state index contributed by atoms with van der Waals surface area (Å²) in [4.78, 5) is 52.9. The molecule has 0 aliphatic carbocycles. The van der Waals surface area contributed by atoms with Crippen molar-refractivity contribution in [2.24, 2.45) is 0 Å². The van der Waals surface area contributed by atoms with Gasteiger partial charge in [-0.2, -0.15) is 0 Å². The van der Waals surface area contributed by atoms with Crippen LogP contribution in [-0.4, -0.2) is 65.4 Å². The van der Waals surface area contributed by atoms with Crippen LogP contribution in [-0.2, 0) is 14.3 Å². The first-order valence-corrected chi connectivity index (χ1v) is 15.2. The standard InChI is InChI=1S/C37H37F2N3O6/c1-22(2)42-31(18-17-29(43)20-30(44)21-32(45)48-5)33(23-9-13-26(38)14-10-23)34(24-11-15-27(39)16-12-24)35(42)36(46)40-28-8-6-7-25(19-28)37(47)41(3)4/h6-19,22,30,44H,20-21H2,1-5H3,(H,40,46)/t30-/m1/s1. The molecule has 11 heteroatoms. The van der Waals surface area contributed by atoms with E-state index in [2.05, 4.69) is 10.1 Å². The van der Waals surface area contributed by atoms with Crippen molar-refractivity contribution < 1.29 is 37.8 Å². The lowest BCUT2D eigenvalue weighted by Gasteiger charge is -2.17. The number of nitrogens with one attached hydrogen (secondary N) is 1. The van der Waals surface area contributed by atoms with E-state index in [0.717, 1.165) is 0 Å². The molecule has 2 amide bonds. The van der Waals surface area contributed by atoms with E-state index >= 15 is 0 Å². The van der Waals surface area contributed by atoms with E-state index in [9.17, 15) is 33.1 Å². The minimum absolute atomic E-state index is 0.165. The first kappa shape index (κ1) is 35.4. The number of ketones is 1. The van der Waals surface area contributed by atoms with Crippen molar-refractivity contribution in [1.29, 1.82) is 0 Å². The van der Waals surface area contributed by atoms with Crippen molar-refractivity contribution >= 4 is 35.3 Å². The van der Waals surface area contributed by atoms with Crippen LogP contribution in [0.15, 0.2) is 78.9 Å². The van der Waals surface area contributed by atoms with Gasteiger partial charge in [0.1, 0.15) is 17.3 Å². The largest absolute Gasteiger partial charge is 0.469 e. The van der Waals surface area contributed by atoms with Crippen LogP contribution >= 0.6 is 0 Å². The van der Waals surface area contributed by atoms with E-state index in [4.69, 9.17) is 0 Å². The van der Waals surface area contributed by atoms with Crippen LogP contribution in [0.25, 0.3) is 28.3 Å². The lowest BCUT2D eigenvalue weighted by Crippen LogP contribution is -2.22. The Kier molecular flexibility index (Phi) is 11.4. The minimum atomic E-state index is -1.27. The highest BCUT2D eigenvalue weighted by Crippen LogP contribution is 2.43. The van der Waals surface area contributed by atoms with Gasteiger partial charge in [-0.1, -0.05) is 30.3 Å². The number of carbonyl (C=O) groups excluding carboxylic acids is 4. The quantitative estimate of drug-likeness (QED) is 0.132. The average Bonchev–Trinajstić information content (AvgIpc) is 3.39. The molecule has 48 heavy (non-hydrogen) atoms. The Morgan fingerprint density at radius 3 is 2.02 bits per heavy atom. The predicted octanol–water partition coefficient (Wildman–Crippen LogP) is 6.53. The summed E-state index contributed by atoms with van der Waals surface area (Å²) in [7, 11) is 4.42. The van der Waals surface area contributed by atoms with Crippen molar-refractivity contribution in [3.8, 4) is 22.3 Å². The predicted molar refractivity (Wildman–Crippen MR) is 179 cm³/mol. The number of methoxy groups -OCH3 is 1. The third kappa shape index (κ3) is 8.29. The van der Waals surface area contributed by atoms with Gasteiger partial charge in [0.15, 0.2) is 5.78 Å². The zero-order chi connectivity index (χ0) is 35.1. The van der Waals surface area contributed by atoms with E-state index < -0.39 is 35.4 Å². The number of hydrogen-bond acceptors (Lipinski definition) is 6. The molecule has 0 aliphatic heterocycles. The molecule has 1 heterocycles. The molecule has 0 saturated heterocycles. The van der Waals surface area contributed by atoms with Gasteiger partial charge in [-0.25, -0.2) is 8.78 Å². The van der Waals surface area contributed by atoms with Gasteiger partial charge < -0.3 is 24.6 Å². The molecule has 9 nitrogen and oxygen atoms in total. The van der Waals surface area contributed by atoms with Gasteiger partial charge in [-0.3, -0.25) is 19.2 Å². The van der Waals surface area contributed by atoms with E-state index in [1.54, 1.807) is 55.1 Å². The number of carbonyl (C=O) groups is 4. The molecule has 4 aromatic rings. The number of hydrogen-bond donors (Lipinski definition) is 2. The van der Waals surface area contributed by atoms with E-state index in [1.165, 1.54) is 60.6 Å². The summed E-state index contributed by atoms with van der Waals surface area (Å²) in [6.45, 7) is 3.69. The first-order valence-electron chi connectivity index (χ1n) is 15.2. The van der Waals surface area contributed by atoms with Crippen molar-refractivity contribution in [2.45, 2.75) is 38.8 Å². The summed E-state index contributed by atoms with van der Waals surface area (Å²) in [5.41, 5.74) is 3.14. The Hall–Kier alpha value is -5.42. The number of allylic oxidation sites excluding steroid dienone is 1. The third-order valence-corrected chi connectivity index (χ3v) is 7.51. The second-order valence-electron chi connectivity index (χ2n) is 11.6. The molecule has 1 aromatic heterocycles. The summed E-state index contributed by atoms with van der Waals surface area (Å²) in [5, 5.41) is 13.1. The van der Waals surface area contributed by atoms with E-state index in [-0.39, 0.29) is 30.5 Å². The number of rotatable bonds is 12. The maximum atomic E-state index is 14.4. The van der Waals surface area contributed by atoms with Crippen LogP contribution in [0.1, 0.15) is 59.3 Å². The Bertz CT molecular complexity index is 1840. The molecule has 0 bridgehead atoms. The van der Waals surface area contributed by atoms with Gasteiger partial charge in [0, 0.05) is 48.9 Å². The highest BCUT2D eigenvalue weighted by atomic mass is 19.1. The number of anilines is 1. The Balaban J connectivity index is 1.95. The highest BCUT2D eigenvalue weighted by Gasteiger charge is 2.30. The number of esters is 1. The van der Waals surface area contributed by atoms with Crippen molar-refractivity contribution in [3.63, 3.8) is 0 Å². The fraction of sp³-hybridized carbons (Fsp3) is 0.243. The van der Waals surface area contributed by atoms with Gasteiger partial charge in [-0.05, 0) is 79.6 Å². The van der Waals surface area contributed by atoms with Crippen LogP contribution in [0.5, 0.6) is 0 Å². The molecule has 2 N–H and O–H groups in total. The molecule has 250 valence electrons. The van der Waals surface area contributed by atoms with Crippen molar-refractivity contribution in [3.05, 3.63) is 107 Å². The molecule has 0 radical (unpaired) electrons. The van der Waals surface area contributed by atoms with Gasteiger partial charge in [0.05, 0.1) is 25.3 Å². The molecular formula is C37H37F2N3O6.